The molecule has 0 saturated carbocycles. The first-order chi connectivity index (χ1) is 9.95. The van der Waals surface area contributed by atoms with Crippen molar-refractivity contribution >= 4 is 11.9 Å². The molecule has 0 radical (unpaired) electrons. The summed E-state index contributed by atoms with van der Waals surface area (Å²) >= 11 is 0. The van der Waals surface area contributed by atoms with Crippen LogP contribution < -0.4 is 0 Å². The Morgan fingerprint density at radius 3 is 2.24 bits per heavy atom. The summed E-state index contributed by atoms with van der Waals surface area (Å²) in [7, 11) is 0. The van der Waals surface area contributed by atoms with Crippen molar-refractivity contribution in [3.05, 3.63) is 76.4 Å². The third kappa shape index (κ3) is 2.69. The van der Waals surface area contributed by atoms with Crippen LogP contribution in [0.25, 0.3) is 6.08 Å². The van der Waals surface area contributed by atoms with Crippen LogP contribution in [0.4, 0.5) is 0 Å². The molecule has 106 valence electrons. The Morgan fingerprint density at radius 2 is 1.62 bits per heavy atom. The number of Topliss-reactive ketones (excluding diaryl/α,β-unsaturated/α-hetero) is 1. The highest BCUT2D eigenvalue weighted by atomic mass is 16.1. The highest BCUT2D eigenvalue weighted by Gasteiger charge is 2.23. The van der Waals surface area contributed by atoms with Gasteiger partial charge < -0.3 is 0 Å². The van der Waals surface area contributed by atoms with Gasteiger partial charge in [0, 0.05) is 17.6 Å². The minimum atomic E-state index is 0.158. The molecule has 0 N–H and O–H groups in total. The molecule has 0 aliphatic heterocycles. The maximum absolute atomic E-state index is 12.4. The maximum Gasteiger partial charge on any atom is 0.189 e. The molecule has 1 aliphatic carbocycles. The molecule has 3 rings (SSSR count). The van der Waals surface area contributed by atoms with Crippen molar-refractivity contribution in [2.45, 2.75) is 32.6 Å². The lowest BCUT2D eigenvalue weighted by molar-refractivity contribution is 0.104. The molecule has 21 heavy (non-hydrogen) atoms. The zero-order valence-corrected chi connectivity index (χ0v) is 12.8. The number of carbonyl (C=O) groups excluding carboxylic acids is 1. The van der Waals surface area contributed by atoms with Crippen molar-refractivity contribution < 1.29 is 4.79 Å². The van der Waals surface area contributed by atoms with Gasteiger partial charge in [0.25, 0.3) is 0 Å². The second-order valence-corrected chi connectivity index (χ2v) is 6.70. The lowest BCUT2D eigenvalue weighted by Crippen LogP contribution is -2.10. The molecular formula is C20H20O. The van der Waals surface area contributed by atoms with Crippen LogP contribution >= 0.6 is 0 Å². The summed E-state index contributed by atoms with van der Waals surface area (Å²) in [4.78, 5) is 12.4. The number of hydrogen-bond donors (Lipinski definition) is 0. The molecule has 0 saturated heterocycles. The van der Waals surface area contributed by atoms with E-state index in [1.807, 2.05) is 30.3 Å². The van der Waals surface area contributed by atoms with Gasteiger partial charge in [-0.25, -0.2) is 0 Å². The fourth-order valence-electron chi connectivity index (χ4n) is 2.75. The standard InChI is InChI=1S/C20H20O/c1-20(2,3)17-10-8-14(9-11-17)12-16-13-15-6-4-5-7-18(15)19(16)21/h4-12H,13H2,1-3H3. The van der Waals surface area contributed by atoms with Gasteiger partial charge in [-0.3, -0.25) is 4.79 Å². The third-order valence-electron chi connectivity index (χ3n) is 4.05. The Balaban J connectivity index is 1.89. The number of carbonyl (C=O) groups is 1. The van der Waals surface area contributed by atoms with Crippen molar-refractivity contribution in [2.75, 3.05) is 0 Å². The lowest BCUT2D eigenvalue weighted by atomic mass is 9.86. The summed E-state index contributed by atoms with van der Waals surface area (Å²) in [6.07, 6.45) is 2.77. The molecule has 1 aliphatic rings. The van der Waals surface area contributed by atoms with E-state index in [4.69, 9.17) is 0 Å². The molecule has 0 aromatic heterocycles. The van der Waals surface area contributed by atoms with E-state index in [9.17, 15) is 4.79 Å². The summed E-state index contributed by atoms with van der Waals surface area (Å²) in [6.45, 7) is 6.62. The van der Waals surface area contributed by atoms with Crippen LogP contribution in [-0.4, -0.2) is 5.78 Å². The van der Waals surface area contributed by atoms with Crippen molar-refractivity contribution in [3.8, 4) is 0 Å². The largest absolute Gasteiger partial charge is 0.289 e. The van der Waals surface area contributed by atoms with E-state index in [0.29, 0.717) is 0 Å². The normalized spacial score (nSPS) is 16.3. The van der Waals surface area contributed by atoms with Crippen molar-refractivity contribution in [3.63, 3.8) is 0 Å². The number of benzene rings is 2. The van der Waals surface area contributed by atoms with E-state index in [0.717, 1.165) is 28.7 Å². The van der Waals surface area contributed by atoms with Crippen LogP contribution in [0.1, 0.15) is 47.8 Å². The van der Waals surface area contributed by atoms with E-state index >= 15 is 0 Å². The number of fused-ring (bicyclic) bond motifs is 1. The molecule has 1 nitrogen and oxygen atoms in total. The van der Waals surface area contributed by atoms with E-state index in [1.54, 1.807) is 0 Å². The Hall–Kier alpha value is -2.15. The number of allylic oxidation sites excluding steroid dienone is 1. The summed E-state index contributed by atoms with van der Waals surface area (Å²) in [5, 5.41) is 0. The number of hydrogen-bond acceptors (Lipinski definition) is 1. The Bertz CT molecular complexity index is 712. The first-order valence-corrected chi connectivity index (χ1v) is 7.39. The molecule has 0 amide bonds. The van der Waals surface area contributed by atoms with E-state index < -0.39 is 0 Å². The van der Waals surface area contributed by atoms with Gasteiger partial charge in [0.2, 0.25) is 0 Å². The highest BCUT2D eigenvalue weighted by Crippen LogP contribution is 2.28. The quantitative estimate of drug-likeness (QED) is 0.683. The molecule has 0 fully saturated rings. The van der Waals surface area contributed by atoms with Crippen LogP contribution in [-0.2, 0) is 11.8 Å². The Labute approximate surface area is 126 Å². The fraction of sp³-hybridized carbons (Fsp3) is 0.250. The highest BCUT2D eigenvalue weighted by molar-refractivity contribution is 6.15. The molecule has 2 aromatic rings. The summed E-state index contributed by atoms with van der Waals surface area (Å²) < 4.78 is 0. The van der Waals surface area contributed by atoms with E-state index in [1.165, 1.54) is 5.56 Å². The molecule has 0 unspecified atom stereocenters. The van der Waals surface area contributed by atoms with Crippen LogP contribution in [0.3, 0.4) is 0 Å². The third-order valence-corrected chi connectivity index (χ3v) is 4.05. The van der Waals surface area contributed by atoms with E-state index in [2.05, 4.69) is 45.0 Å². The van der Waals surface area contributed by atoms with Crippen LogP contribution in [0.5, 0.6) is 0 Å². The van der Waals surface area contributed by atoms with Gasteiger partial charge in [0.05, 0.1) is 0 Å². The monoisotopic (exact) mass is 276 g/mol. The first kappa shape index (κ1) is 13.8. The molecule has 2 aromatic carbocycles. The summed E-state index contributed by atoms with van der Waals surface area (Å²) in [5.41, 5.74) is 5.45. The second-order valence-electron chi connectivity index (χ2n) is 6.70. The summed E-state index contributed by atoms with van der Waals surface area (Å²) in [6, 6.07) is 16.4. The molecular weight excluding hydrogens is 256 g/mol. The minimum Gasteiger partial charge on any atom is -0.289 e. The maximum atomic E-state index is 12.4. The predicted molar refractivity (Wildman–Crippen MR) is 87.6 cm³/mol. The van der Waals surface area contributed by atoms with Crippen LogP contribution in [0, 0.1) is 0 Å². The second kappa shape index (κ2) is 5.00. The van der Waals surface area contributed by atoms with Gasteiger partial charge in [0.1, 0.15) is 0 Å². The van der Waals surface area contributed by atoms with Gasteiger partial charge in [-0.2, -0.15) is 0 Å². The topological polar surface area (TPSA) is 17.1 Å². The predicted octanol–water partition coefficient (Wildman–Crippen LogP) is 4.81. The number of ketones is 1. The van der Waals surface area contributed by atoms with Crippen molar-refractivity contribution in [2.24, 2.45) is 0 Å². The van der Waals surface area contributed by atoms with Gasteiger partial charge in [-0.1, -0.05) is 69.3 Å². The SMILES string of the molecule is CC(C)(C)c1ccc(C=C2Cc3ccccc3C2=O)cc1. The Morgan fingerprint density at radius 1 is 0.952 bits per heavy atom. The smallest absolute Gasteiger partial charge is 0.189 e. The summed E-state index contributed by atoms with van der Waals surface area (Å²) in [5.74, 6) is 0.172. The van der Waals surface area contributed by atoms with E-state index in [-0.39, 0.29) is 11.2 Å². The van der Waals surface area contributed by atoms with Gasteiger partial charge in [0.15, 0.2) is 5.78 Å². The molecule has 0 atom stereocenters. The van der Waals surface area contributed by atoms with Gasteiger partial charge in [-0.05, 0) is 28.2 Å². The molecule has 0 bridgehead atoms. The average Bonchev–Trinajstić information content (AvgIpc) is 2.76. The minimum absolute atomic E-state index is 0.158. The van der Waals surface area contributed by atoms with Gasteiger partial charge in [-0.15, -0.1) is 0 Å². The van der Waals surface area contributed by atoms with Crippen LogP contribution in [0.15, 0.2) is 54.1 Å². The zero-order valence-electron chi connectivity index (χ0n) is 12.8. The van der Waals surface area contributed by atoms with Gasteiger partial charge >= 0.3 is 0 Å². The molecule has 1 heteroatoms. The number of rotatable bonds is 1. The van der Waals surface area contributed by atoms with Crippen molar-refractivity contribution in [1.29, 1.82) is 0 Å². The zero-order chi connectivity index (χ0) is 15.0. The molecule has 0 heterocycles. The first-order valence-electron chi connectivity index (χ1n) is 7.39. The van der Waals surface area contributed by atoms with Crippen molar-refractivity contribution in [1.82, 2.24) is 0 Å². The lowest BCUT2D eigenvalue weighted by Gasteiger charge is -2.18. The van der Waals surface area contributed by atoms with Crippen LogP contribution in [0.2, 0.25) is 0 Å². The fourth-order valence-corrected chi connectivity index (χ4v) is 2.75. The Kier molecular flexibility index (Phi) is 3.29. The molecule has 0 spiro atoms. The average molecular weight is 276 g/mol.